The molecule has 2 aromatic heterocycles. The second-order valence-corrected chi connectivity index (χ2v) is 4.58. The highest BCUT2D eigenvalue weighted by molar-refractivity contribution is 5.99. The molecule has 0 spiro atoms. The third-order valence-electron chi connectivity index (χ3n) is 3.32. The van der Waals surface area contributed by atoms with Crippen LogP contribution < -0.4 is 10.9 Å². The molecule has 1 fully saturated rings. The Morgan fingerprint density at radius 1 is 1.35 bits per heavy atom. The van der Waals surface area contributed by atoms with Crippen LogP contribution in [0.2, 0.25) is 0 Å². The number of carbonyl (C=O) groups is 2. The van der Waals surface area contributed by atoms with Gasteiger partial charge < -0.3 is 5.11 Å². The maximum Gasteiger partial charge on any atom is 0.254 e. The summed E-state index contributed by atoms with van der Waals surface area (Å²) in [5, 5.41) is 12.9. The Labute approximate surface area is 112 Å². The van der Waals surface area contributed by atoms with E-state index in [0.29, 0.717) is 5.39 Å². The molecule has 1 aliphatic rings. The van der Waals surface area contributed by atoms with Gasteiger partial charge in [-0.15, -0.1) is 0 Å². The highest BCUT2D eigenvalue weighted by atomic mass is 16.3. The molecule has 7 heteroatoms. The first-order valence-corrected chi connectivity index (χ1v) is 6.11. The third-order valence-corrected chi connectivity index (χ3v) is 3.32. The summed E-state index contributed by atoms with van der Waals surface area (Å²) in [6.07, 6.45) is 1.79. The predicted octanol–water partition coefficient (Wildman–Crippen LogP) is 0.0798. The summed E-state index contributed by atoms with van der Waals surface area (Å²) in [5.41, 5.74) is -0.255. The van der Waals surface area contributed by atoms with Crippen LogP contribution in [0.1, 0.15) is 18.9 Å². The quantitative estimate of drug-likeness (QED) is 0.716. The minimum absolute atomic E-state index is 0.128. The van der Waals surface area contributed by atoms with Crippen molar-refractivity contribution in [3.63, 3.8) is 0 Å². The zero-order chi connectivity index (χ0) is 14.3. The van der Waals surface area contributed by atoms with Gasteiger partial charge in [0.05, 0.1) is 0 Å². The minimum Gasteiger partial charge on any atom is -0.493 e. The van der Waals surface area contributed by atoms with Crippen molar-refractivity contribution in [2.45, 2.75) is 18.9 Å². The van der Waals surface area contributed by atoms with Gasteiger partial charge >= 0.3 is 0 Å². The third kappa shape index (κ3) is 1.83. The Balaban J connectivity index is 2.19. The highest BCUT2D eigenvalue weighted by Crippen LogP contribution is 2.26. The smallest absolute Gasteiger partial charge is 0.254 e. The van der Waals surface area contributed by atoms with Crippen molar-refractivity contribution in [1.29, 1.82) is 0 Å². The summed E-state index contributed by atoms with van der Waals surface area (Å²) >= 11 is 0. The van der Waals surface area contributed by atoms with Gasteiger partial charge in [-0.05, 0) is 12.5 Å². The molecule has 1 aliphatic heterocycles. The van der Waals surface area contributed by atoms with E-state index in [1.165, 1.54) is 12.3 Å². The van der Waals surface area contributed by atoms with Crippen LogP contribution in [-0.2, 0) is 9.59 Å². The molecule has 0 radical (unpaired) electrons. The molecule has 2 N–H and O–H groups in total. The van der Waals surface area contributed by atoms with Crippen LogP contribution in [-0.4, -0.2) is 26.5 Å². The van der Waals surface area contributed by atoms with Gasteiger partial charge in [0.1, 0.15) is 11.6 Å². The molecular formula is C13H11N3O4. The second-order valence-electron chi connectivity index (χ2n) is 4.58. The Kier molecular flexibility index (Phi) is 2.74. The molecule has 7 nitrogen and oxygen atoms in total. The maximum atomic E-state index is 12.1. The molecule has 2 amide bonds. The Hall–Kier alpha value is -2.70. The molecule has 3 rings (SSSR count). The number of pyridine rings is 2. The molecule has 20 heavy (non-hydrogen) atoms. The largest absolute Gasteiger partial charge is 0.493 e. The minimum atomic E-state index is -0.897. The molecule has 1 atom stereocenters. The lowest BCUT2D eigenvalue weighted by Crippen LogP contribution is -2.44. The predicted molar refractivity (Wildman–Crippen MR) is 69.1 cm³/mol. The number of fused-ring (bicyclic) bond motifs is 1. The van der Waals surface area contributed by atoms with Crippen molar-refractivity contribution < 1.29 is 14.7 Å². The number of hydrogen-bond acceptors (Lipinski definition) is 5. The lowest BCUT2D eigenvalue weighted by atomic mass is 10.1. The number of imide groups is 1. The second kappa shape index (κ2) is 4.44. The van der Waals surface area contributed by atoms with E-state index in [9.17, 15) is 19.5 Å². The molecule has 0 saturated carbocycles. The van der Waals surface area contributed by atoms with Gasteiger partial charge in [-0.2, -0.15) is 0 Å². The summed E-state index contributed by atoms with van der Waals surface area (Å²) in [5.74, 6) is -1.32. The van der Waals surface area contributed by atoms with Crippen molar-refractivity contribution in [3.8, 4) is 5.88 Å². The number of carbonyl (C=O) groups excluding carboxylic acids is 2. The Morgan fingerprint density at radius 2 is 2.15 bits per heavy atom. The van der Waals surface area contributed by atoms with Gasteiger partial charge in [0.2, 0.25) is 17.7 Å². The standard InChI is InChI=1S/C13H11N3O4/c17-9-4-3-8(12(19)15-9)16-10(18)6-7-2-1-5-14-11(7)13(16)20/h1-2,5-6,8,20H,3-4H2,(H,15,17,19). The molecule has 3 heterocycles. The van der Waals surface area contributed by atoms with E-state index >= 15 is 0 Å². The summed E-state index contributed by atoms with van der Waals surface area (Å²) < 4.78 is 0.983. The molecule has 1 saturated heterocycles. The van der Waals surface area contributed by atoms with Gasteiger partial charge in [0.25, 0.3) is 5.56 Å². The van der Waals surface area contributed by atoms with E-state index in [4.69, 9.17) is 0 Å². The molecule has 0 aliphatic carbocycles. The van der Waals surface area contributed by atoms with Crippen LogP contribution in [0.3, 0.4) is 0 Å². The zero-order valence-corrected chi connectivity index (χ0v) is 10.4. The van der Waals surface area contributed by atoms with Crippen molar-refractivity contribution in [2.75, 3.05) is 0 Å². The molecule has 0 bridgehead atoms. The number of aromatic hydroxyl groups is 1. The molecule has 0 aromatic carbocycles. The molecule has 102 valence electrons. The number of rotatable bonds is 1. The summed E-state index contributed by atoms with van der Waals surface area (Å²) in [7, 11) is 0. The van der Waals surface area contributed by atoms with Crippen molar-refractivity contribution >= 4 is 22.7 Å². The number of piperidine rings is 1. The first-order valence-electron chi connectivity index (χ1n) is 6.11. The van der Waals surface area contributed by atoms with E-state index in [1.807, 2.05) is 0 Å². The number of aromatic nitrogens is 2. The van der Waals surface area contributed by atoms with Crippen LogP contribution in [0, 0.1) is 0 Å². The Morgan fingerprint density at radius 3 is 2.90 bits per heavy atom. The van der Waals surface area contributed by atoms with Crippen molar-refractivity contribution in [3.05, 3.63) is 34.7 Å². The van der Waals surface area contributed by atoms with Gasteiger partial charge in [-0.25, -0.2) is 0 Å². The number of hydrogen-bond donors (Lipinski definition) is 2. The van der Waals surface area contributed by atoms with Crippen LogP contribution in [0.25, 0.3) is 10.9 Å². The van der Waals surface area contributed by atoms with Crippen molar-refractivity contribution in [1.82, 2.24) is 14.9 Å². The fourth-order valence-electron chi connectivity index (χ4n) is 2.37. The molecule has 1 unspecified atom stereocenters. The SMILES string of the molecule is O=C1CCC(n2c(O)c3ncccc3cc2=O)C(=O)N1. The average molecular weight is 273 g/mol. The van der Waals surface area contributed by atoms with Crippen LogP contribution in [0.5, 0.6) is 5.88 Å². The monoisotopic (exact) mass is 273 g/mol. The fraction of sp³-hybridized carbons (Fsp3) is 0.231. The van der Waals surface area contributed by atoms with E-state index < -0.39 is 17.5 Å². The van der Waals surface area contributed by atoms with Crippen molar-refractivity contribution in [2.24, 2.45) is 0 Å². The summed E-state index contributed by atoms with van der Waals surface area (Å²) in [4.78, 5) is 39.1. The van der Waals surface area contributed by atoms with Crippen LogP contribution in [0.4, 0.5) is 0 Å². The highest BCUT2D eigenvalue weighted by Gasteiger charge is 2.30. The zero-order valence-electron chi connectivity index (χ0n) is 10.4. The normalized spacial score (nSPS) is 19.1. The number of nitrogens with zero attached hydrogens (tertiary/aromatic N) is 2. The number of amides is 2. The molecule has 2 aromatic rings. The Bertz CT molecular complexity index is 781. The van der Waals surface area contributed by atoms with Gasteiger partial charge in [0, 0.05) is 24.1 Å². The first kappa shape index (κ1) is 12.3. The van der Waals surface area contributed by atoms with E-state index in [0.717, 1.165) is 4.57 Å². The van der Waals surface area contributed by atoms with Crippen LogP contribution >= 0.6 is 0 Å². The number of nitrogens with one attached hydrogen (secondary N) is 1. The summed E-state index contributed by atoms with van der Waals surface area (Å²) in [6, 6.07) is 3.72. The first-order chi connectivity index (χ1) is 9.58. The lowest BCUT2D eigenvalue weighted by Gasteiger charge is -2.23. The fourth-order valence-corrected chi connectivity index (χ4v) is 2.37. The van der Waals surface area contributed by atoms with Gasteiger partial charge in [-0.3, -0.25) is 29.3 Å². The maximum absolute atomic E-state index is 12.1. The van der Waals surface area contributed by atoms with E-state index in [1.54, 1.807) is 12.1 Å². The van der Waals surface area contributed by atoms with E-state index in [2.05, 4.69) is 10.3 Å². The van der Waals surface area contributed by atoms with Gasteiger partial charge in [0.15, 0.2) is 0 Å². The van der Waals surface area contributed by atoms with Gasteiger partial charge in [-0.1, -0.05) is 6.07 Å². The van der Waals surface area contributed by atoms with Crippen LogP contribution in [0.15, 0.2) is 29.2 Å². The summed E-state index contributed by atoms with van der Waals surface area (Å²) in [6.45, 7) is 0. The van der Waals surface area contributed by atoms with E-state index in [-0.39, 0.29) is 30.1 Å². The average Bonchev–Trinajstić information content (AvgIpc) is 2.41. The topological polar surface area (TPSA) is 101 Å². The lowest BCUT2D eigenvalue weighted by molar-refractivity contribution is -0.135. The molecular weight excluding hydrogens is 262 g/mol.